The van der Waals surface area contributed by atoms with Crippen LogP contribution in [0.4, 0.5) is 5.69 Å². The van der Waals surface area contributed by atoms with Crippen LogP contribution in [0.2, 0.25) is 0 Å². The zero-order valence-electron chi connectivity index (χ0n) is 16.2. The smallest absolute Gasteiger partial charge is 0.196 e. The van der Waals surface area contributed by atoms with Gasteiger partial charge in [0.15, 0.2) is 5.96 Å². The van der Waals surface area contributed by atoms with E-state index in [0.29, 0.717) is 19.8 Å². The van der Waals surface area contributed by atoms with Gasteiger partial charge in [-0.25, -0.2) is 9.98 Å². The van der Waals surface area contributed by atoms with Gasteiger partial charge in [-0.15, -0.1) is 35.3 Å². The molecule has 6 nitrogen and oxygen atoms in total. The minimum absolute atomic E-state index is 0. The molecular formula is C19H29IN4O2S. The van der Waals surface area contributed by atoms with Crippen LogP contribution in [0.3, 0.4) is 0 Å². The number of rotatable bonds is 10. The summed E-state index contributed by atoms with van der Waals surface area (Å²) < 4.78 is 10.8. The number of halogens is 1. The number of anilines is 1. The molecule has 0 aliphatic carbocycles. The second-order valence-electron chi connectivity index (χ2n) is 5.63. The number of benzene rings is 1. The zero-order chi connectivity index (χ0) is 18.6. The number of aryl methyl sites for hydroxylation is 1. The van der Waals surface area contributed by atoms with Gasteiger partial charge in [0.2, 0.25) is 0 Å². The summed E-state index contributed by atoms with van der Waals surface area (Å²) in [5, 5.41) is 9.80. The topological polar surface area (TPSA) is 67.8 Å². The van der Waals surface area contributed by atoms with E-state index in [9.17, 15) is 0 Å². The first-order valence-corrected chi connectivity index (χ1v) is 9.83. The molecule has 1 heterocycles. The summed E-state index contributed by atoms with van der Waals surface area (Å²) in [5.74, 6) is 1.56. The Morgan fingerprint density at radius 2 is 2.11 bits per heavy atom. The number of aromatic nitrogens is 1. The highest BCUT2D eigenvalue weighted by atomic mass is 127. The lowest BCUT2D eigenvalue weighted by atomic mass is 10.3. The van der Waals surface area contributed by atoms with E-state index >= 15 is 0 Å². The number of guanidine groups is 1. The van der Waals surface area contributed by atoms with E-state index in [2.05, 4.69) is 32.9 Å². The van der Waals surface area contributed by atoms with Crippen molar-refractivity contribution in [3.05, 3.63) is 40.3 Å². The number of methoxy groups -OCH3 is 1. The molecule has 0 aliphatic rings. The van der Waals surface area contributed by atoms with E-state index in [1.54, 1.807) is 18.4 Å². The summed E-state index contributed by atoms with van der Waals surface area (Å²) in [5.41, 5.74) is 1.93. The molecule has 1 aromatic heterocycles. The molecule has 0 atom stereocenters. The SMILES string of the molecule is CCNC(=NCc1csc(CC)n1)Nc1cccc(OCCCOC)c1.I. The number of hydrogen-bond acceptors (Lipinski definition) is 5. The van der Waals surface area contributed by atoms with Crippen LogP contribution in [-0.4, -0.2) is 37.8 Å². The number of aliphatic imine (C=N–C) groups is 1. The maximum Gasteiger partial charge on any atom is 0.196 e. The Kier molecular flexibility index (Phi) is 12.0. The van der Waals surface area contributed by atoms with E-state index < -0.39 is 0 Å². The van der Waals surface area contributed by atoms with Crippen molar-refractivity contribution in [2.24, 2.45) is 4.99 Å². The molecule has 2 rings (SSSR count). The maximum absolute atomic E-state index is 5.75. The summed E-state index contributed by atoms with van der Waals surface area (Å²) in [6.45, 7) is 6.84. The molecule has 0 unspecified atom stereocenters. The standard InChI is InChI=1S/C19H28N4O2S.HI/c1-4-18-22-16(14-26-18)13-21-19(20-5-2)23-15-8-6-9-17(12-15)25-11-7-10-24-3;/h6,8-9,12,14H,4-5,7,10-11,13H2,1-3H3,(H2,20,21,23);1H. The third kappa shape index (κ3) is 8.89. The molecule has 0 saturated carbocycles. The van der Waals surface area contributed by atoms with E-state index in [1.807, 2.05) is 31.2 Å². The molecule has 1 aromatic carbocycles. The molecule has 0 saturated heterocycles. The number of nitrogens with zero attached hydrogens (tertiary/aromatic N) is 2. The van der Waals surface area contributed by atoms with E-state index in [4.69, 9.17) is 9.47 Å². The van der Waals surface area contributed by atoms with Crippen molar-refractivity contribution in [3.8, 4) is 5.75 Å². The van der Waals surface area contributed by atoms with Crippen LogP contribution >= 0.6 is 35.3 Å². The highest BCUT2D eigenvalue weighted by Crippen LogP contribution is 2.18. The first kappa shape index (κ1) is 23.6. The van der Waals surface area contributed by atoms with Crippen LogP contribution in [0.15, 0.2) is 34.6 Å². The Hall–Kier alpha value is -1.39. The van der Waals surface area contributed by atoms with Gasteiger partial charge < -0.3 is 20.1 Å². The van der Waals surface area contributed by atoms with Crippen LogP contribution in [0.1, 0.15) is 31.0 Å². The lowest BCUT2D eigenvalue weighted by molar-refractivity contribution is 0.172. The zero-order valence-corrected chi connectivity index (χ0v) is 19.3. The first-order valence-electron chi connectivity index (χ1n) is 8.95. The van der Waals surface area contributed by atoms with Gasteiger partial charge in [0.25, 0.3) is 0 Å². The number of hydrogen-bond donors (Lipinski definition) is 2. The third-order valence-corrected chi connectivity index (χ3v) is 4.55. The normalized spacial score (nSPS) is 11.0. The molecule has 0 spiro atoms. The molecule has 27 heavy (non-hydrogen) atoms. The fourth-order valence-electron chi connectivity index (χ4n) is 2.24. The summed E-state index contributed by atoms with van der Waals surface area (Å²) in [6, 6.07) is 7.87. The Morgan fingerprint density at radius 1 is 1.26 bits per heavy atom. The summed E-state index contributed by atoms with van der Waals surface area (Å²) in [4.78, 5) is 9.18. The van der Waals surface area contributed by atoms with Gasteiger partial charge in [-0.2, -0.15) is 0 Å². The van der Waals surface area contributed by atoms with Gasteiger partial charge in [0.1, 0.15) is 5.75 Å². The van der Waals surface area contributed by atoms with Gasteiger partial charge >= 0.3 is 0 Å². The lowest BCUT2D eigenvalue weighted by Crippen LogP contribution is -2.30. The van der Waals surface area contributed by atoms with Gasteiger partial charge in [0, 0.05) is 43.8 Å². The molecule has 0 amide bonds. The molecule has 2 N–H and O–H groups in total. The molecule has 0 fully saturated rings. The highest BCUT2D eigenvalue weighted by Gasteiger charge is 2.03. The van der Waals surface area contributed by atoms with Crippen molar-refractivity contribution in [2.45, 2.75) is 33.2 Å². The second kappa shape index (κ2) is 13.7. The first-order chi connectivity index (χ1) is 12.7. The van der Waals surface area contributed by atoms with E-state index in [0.717, 1.165) is 47.5 Å². The van der Waals surface area contributed by atoms with Crippen molar-refractivity contribution in [1.29, 1.82) is 0 Å². The van der Waals surface area contributed by atoms with Gasteiger partial charge in [0.05, 0.1) is 23.9 Å². The molecule has 8 heteroatoms. The van der Waals surface area contributed by atoms with Gasteiger partial charge in [-0.1, -0.05) is 13.0 Å². The predicted molar refractivity (Wildman–Crippen MR) is 124 cm³/mol. The Labute approximate surface area is 182 Å². The molecule has 0 bridgehead atoms. The minimum atomic E-state index is 0. The predicted octanol–water partition coefficient (Wildman–Crippen LogP) is 4.32. The second-order valence-corrected chi connectivity index (χ2v) is 6.57. The monoisotopic (exact) mass is 504 g/mol. The van der Waals surface area contributed by atoms with Crippen LogP contribution < -0.4 is 15.4 Å². The van der Waals surface area contributed by atoms with Gasteiger partial charge in [-0.05, 0) is 25.5 Å². The van der Waals surface area contributed by atoms with Crippen LogP contribution in [0, 0.1) is 0 Å². The summed E-state index contributed by atoms with van der Waals surface area (Å²) in [7, 11) is 1.70. The van der Waals surface area contributed by atoms with Crippen molar-refractivity contribution < 1.29 is 9.47 Å². The fourth-order valence-corrected chi connectivity index (χ4v) is 2.98. The largest absolute Gasteiger partial charge is 0.493 e. The summed E-state index contributed by atoms with van der Waals surface area (Å²) in [6.07, 6.45) is 1.83. The highest BCUT2D eigenvalue weighted by molar-refractivity contribution is 14.0. The van der Waals surface area contributed by atoms with Crippen molar-refractivity contribution in [1.82, 2.24) is 10.3 Å². The van der Waals surface area contributed by atoms with Crippen LogP contribution in [0.25, 0.3) is 0 Å². The van der Waals surface area contributed by atoms with Crippen LogP contribution in [-0.2, 0) is 17.7 Å². The Balaban J connectivity index is 0.00000364. The Bertz CT molecular complexity index is 694. The van der Waals surface area contributed by atoms with E-state index in [1.165, 1.54) is 0 Å². The van der Waals surface area contributed by atoms with Crippen LogP contribution in [0.5, 0.6) is 5.75 Å². The minimum Gasteiger partial charge on any atom is -0.493 e. The fraction of sp³-hybridized carbons (Fsp3) is 0.474. The molecule has 2 aromatic rings. The maximum atomic E-state index is 5.75. The lowest BCUT2D eigenvalue weighted by Gasteiger charge is -2.12. The quantitative estimate of drug-likeness (QED) is 0.219. The average Bonchev–Trinajstić information content (AvgIpc) is 3.12. The molecule has 150 valence electrons. The van der Waals surface area contributed by atoms with Gasteiger partial charge in [-0.3, -0.25) is 0 Å². The van der Waals surface area contributed by atoms with E-state index in [-0.39, 0.29) is 24.0 Å². The van der Waals surface area contributed by atoms with Crippen molar-refractivity contribution in [3.63, 3.8) is 0 Å². The summed E-state index contributed by atoms with van der Waals surface area (Å²) >= 11 is 1.68. The number of nitrogens with one attached hydrogen (secondary N) is 2. The third-order valence-electron chi connectivity index (χ3n) is 3.50. The molecular weight excluding hydrogens is 475 g/mol. The molecule has 0 radical (unpaired) electrons. The van der Waals surface area contributed by atoms with Crippen molar-refractivity contribution in [2.75, 3.05) is 32.2 Å². The Morgan fingerprint density at radius 3 is 2.81 bits per heavy atom. The number of thiazole rings is 1. The molecule has 0 aliphatic heterocycles. The average molecular weight is 504 g/mol. The number of ether oxygens (including phenoxy) is 2. The van der Waals surface area contributed by atoms with Crippen molar-refractivity contribution >= 4 is 47.0 Å².